The molecule has 1 amide bonds. The number of cyclic esters (lactones) is 1. The van der Waals surface area contributed by atoms with E-state index in [9.17, 15) is 4.79 Å². The molecule has 1 fully saturated rings. The van der Waals surface area contributed by atoms with Crippen LogP contribution in [0.2, 0.25) is 0 Å². The predicted molar refractivity (Wildman–Crippen MR) is 50.9 cm³/mol. The molecule has 0 N–H and O–H groups in total. The van der Waals surface area contributed by atoms with E-state index >= 15 is 0 Å². The molecular weight excluding hydrogens is 186 g/mol. The van der Waals surface area contributed by atoms with Crippen molar-refractivity contribution >= 4 is 17.4 Å². The van der Waals surface area contributed by atoms with Crippen molar-refractivity contribution in [2.45, 2.75) is 6.42 Å². The standard InChI is InChI=1S/C9H11NO2S/c11-9-10(5-6-12-9)4-3-8-2-1-7-13-8/h1-2,7H,3-6H2. The zero-order valence-corrected chi connectivity index (χ0v) is 8.05. The van der Waals surface area contributed by atoms with E-state index in [1.807, 2.05) is 6.07 Å². The Morgan fingerprint density at radius 3 is 3.15 bits per heavy atom. The molecule has 0 radical (unpaired) electrons. The molecule has 1 aliphatic rings. The van der Waals surface area contributed by atoms with Gasteiger partial charge in [-0.1, -0.05) is 6.07 Å². The summed E-state index contributed by atoms with van der Waals surface area (Å²) < 4.78 is 4.83. The van der Waals surface area contributed by atoms with Gasteiger partial charge in [-0.25, -0.2) is 4.79 Å². The van der Waals surface area contributed by atoms with Gasteiger partial charge in [-0.15, -0.1) is 11.3 Å². The van der Waals surface area contributed by atoms with Gasteiger partial charge in [0.2, 0.25) is 0 Å². The van der Waals surface area contributed by atoms with E-state index in [0.717, 1.165) is 19.5 Å². The van der Waals surface area contributed by atoms with Crippen molar-refractivity contribution in [2.24, 2.45) is 0 Å². The lowest BCUT2D eigenvalue weighted by Gasteiger charge is -2.10. The van der Waals surface area contributed by atoms with E-state index in [1.54, 1.807) is 16.2 Å². The third-order valence-electron chi connectivity index (χ3n) is 2.05. The summed E-state index contributed by atoms with van der Waals surface area (Å²) in [5, 5.41) is 2.05. The number of rotatable bonds is 3. The highest BCUT2D eigenvalue weighted by Crippen LogP contribution is 2.11. The maximum Gasteiger partial charge on any atom is 0.409 e. The van der Waals surface area contributed by atoms with Gasteiger partial charge in [0, 0.05) is 11.4 Å². The molecule has 0 bridgehead atoms. The number of carbonyl (C=O) groups is 1. The summed E-state index contributed by atoms with van der Waals surface area (Å²) >= 11 is 1.73. The fourth-order valence-corrected chi connectivity index (χ4v) is 2.03. The topological polar surface area (TPSA) is 29.5 Å². The van der Waals surface area contributed by atoms with Crippen molar-refractivity contribution in [1.29, 1.82) is 0 Å². The van der Waals surface area contributed by atoms with Crippen LogP contribution in [0.5, 0.6) is 0 Å². The Balaban J connectivity index is 1.82. The van der Waals surface area contributed by atoms with Gasteiger partial charge in [0.05, 0.1) is 6.54 Å². The van der Waals surface area contributed by atoms with E-state index in [0.29, 0.717) is 6.61 Å². The summed E-state index contributed by atoms with van der Waals surface area (Å²) in [5.41, 5.74) is 0. The maximum absolute atomic E-state index is 11.0. The van der Waals surface area contributed by atoms with Crippen molar-refractivity contribution in [1.82, 2.24) is 4.90 Å². The molecule has 1 aromatic heterocycles. The average molecular weight is 197 g/mol. The predicted octanol–water partition coefficient (Wildman–Crippen LogP) is 1.74. The van der Waals surface area contributed by atoms with E-state index in [4.69, 9.17) is 4.74 Å². The third-order valence-corrected chi connectivity index (χ3v) is 2.99. The van der Waals surface area contributed by atoms with Crippen LogP contribution < -0.4 is 0 Å². The Labute approximate surface area is 80.9 Å². The van der Waals surface area contributed by atoms with Crippen molar-refractivity contribution in [2.75, 3.05) is 19.7 Å². The Hall–Kier alpha value is -1.03. The van der Waals surface area contributed by atoms with E-state index in [-0.39, 0.29) is 6.09 Å². The number of hydrogen-bond acceptors (Lipinski definition) is 3. The second-order valence-corrected chi connectivity index (χ2v) is 3.96. The first-order valence-corrected chi connectivity index (χ1v) is 5.18. The highest BCUT2D eigenvalue weighted by atomic mass is 32.1. The fraction of sp³-hybridized carbons (Fsp3) is 0.444. The molecule has 2 rings (SSSR count). The van der Waals surface area contributed by atoms with Gasteiger partial charge in [0.25, 0.3) is 0 Å². The van der Waals surface area contributed by atoms with Gasteiger partial charge in [-0.2, -0.15) is 0 Å². The fourth-order valence-electron chi connectivity index (χ4n) is 1.33. The van der Waals surface area contributed by atoms with Gasteiger partial charge in [-0.05, 0) is 17.9 Å². The summed E-state index contributed by atoms with van der Waals surface area (Å²) in [7, 11) is 0. The molecule has 4 heteroatoms. The number of thiophene rings is 1. The number of hydrogen-bond donors (Lipinski definition) is 0. The summed E-state index contributed by atoms with van der Waals surface area (Å²) in [6.45, 7) is 2.06. The third kappa shape index (κ3) is 2.01. The maximum atomic E-state index is 11.0. The number of amides is 1. The Morgan fingerprint density at radius 1 is 1.62 bits per heavy atom. The minimum Gasteiger partial charge on any atom is -0.448 e. The van der Waals surface area contributed by atoms with Gasteiger partial charge >= 0.3 is 6.09 Å². The van der Waals surface area contributed by atoms with Gasteiger partial charge < -0.3 is 9.64 Å². The zero-order chi connectivity index (χ0) is 9.10. The van der Waals surface area contributed by atoms with Crippen LogP contribution >= 0.6 is 11.3 Å². The second-order valence-electron chi connectivity index (χ2n) is 2.93. The minimum absolute atomic E-state index is 0.170. The monoisotopic (exact) mass is 197 g/mol. The minimum atomic E-state index is -0.170. The van der Waals surface area contributed by atoms with Crippen LogP contribution in [0.15, 0.2) is 17.5 Å². The molecule has 0 saturated carbocycles. The van der Waals surface area contributed by atoms with Crippen LogP contribution in [0, 0.1) is 0 Å². The Kier molecular flexibility index (Phi) is 2.49. The SMILES string of the molecule is O=C1OCCN1CCc1cccs1. The summed E-state index contributed by atoms with van der Waals surface area (Å²) in [5.74, 6) is 0. The molecule has 1 saturated heterocycles. The largest absolute Gasteiger partial charge is 0.448 e. The smallest absolute Gasteiger partial charge is 0.409 e. The molecular formula is C9H11NO2S. The van der Waals surface area contributed by atoms with Crippen molar-refractivity contribution in [3.63, 3.8) is 0 Å². The molecule has 13 heavy (non-hydrogen) atoms. The molecule has 1 aromatic rings. The molecule has 3 nitrogen and oxygen atoms in total. The normalized spacial score (nSPS) is 16.3. The molecule has 0 atom stereocenters. The van der Waals surface area contributed by atoms with Crippen LogP contribution in [-0.4, -0.2) is 30.7 Å². The van der Waals surface area contributed by atoms with Crippen molar-refractivity contribution < 1.29 is 9.53 Å². The quantitative estimate of drug-likeness (QED) is 0.738. The summed E-state index contributed by atoms with van der Waals surface area (Å²) in [4.78, 5) is 14.1. The molecule has 0 spiro atoms. The lowest BCUT2D eigenvalue weighted by Crippen LogP contribution is -2.26. The van der Waals surface area contributed by atoms with Crippen LogP contribution in [0.1, 0.15) is 4.88 Å². The summed E-state index contributed by atoms with van der Waals surface area (Å²) in [6.07, 6.45) is 0.767. The summed E-state index contributed by atoms with van der Waals surface area (Å²) in [6, 6.07) is 4.12. The average Bonchev–Trinajstić information content (AvgIpc) is 2.72. The van der Waals surface area contributed by atoms with Gasteiger partial charge in [0.15, 0.2) is 0 Å². The van der Waals surface area contributed by atoms with Crippen LogP contribution in [-0.2, 0) is 11.2 Å². The first-order chi connectivity index (χ1) is 6.36. The highest BCUT2D eigenvalue weighted by molar-refractivity contribution is 7.09. The zero-order valence-electron chi connectivity index (χ0n) is 7.23. The van der Waals surface area contributed by atoms with Crippen molar-refractivity contribution in [3.05, 3.63) is 22.4 Å². The highest BCUT2D eigenvalue weighted by Gasteiger charge is 2.20. The Morgan fingerprint density at radius 2 is 2.54 bits per heavy atom. The van der Waals surface area contributed by atoms with E-state index in [1.165, 1.54) is 4.88 Å². The number of carbonyl (C=O) groups excluding carboxylic acids is 1. The first kappa shape index (κ1) is 8.56. The molecule has 0 aromatic carbocycles. The lowest BCUT2D eigenvalue weighted by atomic mass is 10.3. The van der Waals surface area contributed by atoms with E-state index in [2.05, 4.69) is 11.4 Å². The van der Waals surface area contributed by atoms with Gasteiger partial charge in [0.1, 0.15) is 6.61 Å². The lowest BCUT2D eigenvalue weighted by molar-refractivity contribution is 0.159. The number of ether oxygens (including phenoxy) is 1. The molecule has 70 valence electrons. The van der Waals surface area contributed by atoms with Crippen LogP contribution in [0.3, 0.4) is 0 Å². The van der Waals surface area contributed by atoms with E-state index < -0.39 is 0 Å². The molecule has 0 unspecified atom stereocenters. The Bertz CT molecular complexity index is 284. The van der Waals surface area contributed by atoms with Crippen molar-refractivity contribution in [3.8, 4) is 0 Å². The van der Waals surface area contributed by atoms with Crippen LogP contribution in [0.25, 0.3) is 0 Å². The van der Waals surface area contributed by atoms with Crippen LogP contribution in [0.4, 0.5) is 4.79 Å². The first-order valence-electron chi connectivity index (χ1n) is 4.30. The molecule has 1 aliphatic heterocycles. The second kappa shape index (κ2) is 3.79. The number of nitrogens with zero attached hydrogens (tertiary/aromatic N) is 1. The van der Waals surface area contributed by atoms with Gasteiger partial charge in [-0.3, -0.25) is 0 Å². The molecule has 2 heterocycles. The molecule has 0 aliphatic carbocycles.